The van der Waals surface area contributed by atoms with Crippen LogP contribution in [0.1, 0.15) is 18.7 Å². The van der Waals surface area contributed by atoms with Gasteiger partial charge in [-0.25, -0.2) is 0 Å². The van der Waals surface area contributed by atoms with Crippen molar-refractivity contribution in [2.75, 3.05) is 0 Å². The molecule has 3 heteroatoms. The second kappa shape index (κ2) is 3.64. The van der Waals surface area contributed by atoms with Crippen LogP contribution in [0.2, 0.25) is 0 Å². The molecule has 0 aliphatic carbocycles. The van der Waals surface area contributed by atoms with E-state index in [2.05, 4.69) is 4.98 Å². The Hall–Kier alpha value is -1.61. The molecule has 14 heavy (non-hydrogen) atoms. The smallest absolute Gasteiger partial charge is 0.0981 e. The molecule has 0 aliphatic heterocycles. The van der Waals surface area contributed by atoms with Crippen LogP contribution in [0.25, 0.3) is 11.1 Å². The second-order valence-corrected chi connectivity index (χ2v) is 3.16. The number of nitrogens with zero attached hydrogens (tertiary/aromatic N) is 1. The zero-order valence-electron chi connectivity index (χ0n) is 7.84. The first-order chi connectivity index (χ1) is 6.77. The summed E-state index contributed by atoms with van der Waals surface area (Å²) in [5.74, 6) is 0. The van der Waals surface area contributed by atoms with E-state index in [0.29, 0.717) is 5.69 Å². The molecule has 72 valence electrons. The van der Waals surface area contributed by atoms with E-state index in [1.54, 1.807) is 25.6 Å². The third-order valence-electron chi connectivity index (χ3n) is 2.07. The average molecular weight is 189 g/mol. The van der Waals surface area contributed by atoms with Crippen LogP contribution in [-0.4, -0.2) is 10.1 Å². The van der Waals surface area contributed by atoms with Gasteiger partial charge in [0.1, 0.15) is 0 Å². The summed E-state index contributed by atoms with van der Waals surface area (Å²) in [6, 6.07) is 5.60. The van der Waals surface area contributed by atoms with Crippen LogP contribution in [0, 0.1) is 0 Å². The summed E-state index contributed by atoms with van der Waals surface area (Å²) in [6.45, 7) is 1.69. The molecule has 1 unspecified atom stereocenters. The van der Waals surface area contributed by atoms with Gasteiger partial charge in [0.15, 0.2) is 0 Å². The first kappa shape index (κ1) is 8.97. The summed E-state index contributed by atoms with van der Waals surface area (Å²) >= 11 is 0. The largest absolute Gasteiger partial charge is 0.472 e. The number of aliphatic hydroxyl groups is 1. The van der Waals surface area contributed by atoms with Gasteiger partial charge in [-0.05, 0) is 19.1 Å². The lowest BCUT2D eigenvalue weighted by Crippen LogP contribution is -1.94. The van der Waals surface area contributed by atoms with Crippen LogP contribution in [0.3, 0.4) is 0 Å². The maximum atomic E-state index is 9.26. The molecule has 0 fully saturated rings. The fourth-order valence-corrected chi connectivity index (χ4v) is 1.25. The van der Waals surface area contributed by atoms with Crippen molar-refractivity contribution in [2.45, 2.75) is 13.0 Å². The minimum Gasteiger partial charge on any atom is -0.472 e. The molecule has 3 nitrogen and oxygen atoms in total. The molecule has 2 aromatic rings. The van der Waals surface area contributed by atoms with E-state index in [0.717, 1.165) is 11.1 Å². The van der Waals surface area contributed by atoms with Gasteiger partial charge in [-0.15, -0.1) is 0 Å². The Kier molecular flexibility index (Phi) is 2.33. The number of furan rings is 1. The zero-order valence-corrected chi connectivity index (χ0v) is 7.84. The molecule has 0 aromatic carbocycles. The molecule has 2 aromatic heterocycles. The van der Waals surface area contributed by atoms with Gasteiger partial charge >= 0.3 is 0 Å². The summed E-state index contributed by atoms with van der Waals surface area (Å²) in [4.78, 5) is 4.14. The Balaban J connectivity index is 2.31. The number of hydrogen-bond acceptors (Lipinski definition) is 3. The van der Waals surface area contributed by atoms with Gasteiger partial charge in [0.25, 0.3) is 0 Å². The lowest BCUT2D eigenvalue weighted by atomic mass is 10.1. The Morgan fingerprint density at radius 1 is 1.29 bits per heavy atom. The fourth-order valence-electron chi connectivity index (χ4n) is 1.25. The van der Waals surface area contributed by atoms with Gasteiger partial charge in [-0.1, -0.05) is 6.07 Å². The first-order valence-electron chi connectivity index (χ1n) is 4.44. The van der Waals surface area contributed by atoms with E-state index in [-0.39, 0.29) is 0 Å². The molecular formula is C11H11NO2. The highest BCUT2D eigenvalue weighted by Gasteiger charge is 2.03. The summed E-state index contributed by atoms with van der Waals surface area (Å²) < 4.78 is 4.97. The third-order valence-corrected chi connectivity index (χ3v) is 2.07. The van der Waals surface area contributed by atoms with E-state index in [9.17, 15) is 5.11 Å². The lowest BCUT2D eigenvalue weighted by Gasteiger charge is -2.03. The van der Waals surface area contributed by atoms with Gasteiger partial charge in [-0.2, -0.15) is 0 Å². The number of aliphatic hydroxyl groups excluding tert-OH is 1. The predicted molar refractivity (Wildman–Crippen MR) is 52.6 cm³/mol. The van der Waals surface area contributed by atoms with Crippen LogP contribution in [-0.2, 0) is 0 Å². The SMILES string of the molecule is CC(O)c1ccc(-c2ccoc2)cn1. The summed E-state index contributed by atoms with van der Waals surface area (Å²) in [6.07, 6.45) is 4.50. The van der Waals surface area contributed by atoms with Crippen LogP contribution in [0.5, 0.6) is 0 Å². The van der Waals surface area contributed by atoms with Gasteiger partial charge in [0.2, 0.25) is 0 Å². The Morgan fingerprint density at radius 3 is 2.64 bits per heavy atom. The zero-order chi connectivity index (χ0) is 9.97. The van der Waals surface area contributed by atoms with Crippen molar-refractivity contribution in [1.29, 1.82) is 0 Å². The van der Waals surface area contributed by atoms with Crippen LogP contribution < -0.4 is 0 Å². The van der Waals surface area contributed by atoms with Crippen molar-refractivity contribution in [2.24, 2.45) is 0 Å². The number of rotatable bonds is 2. The summed E-state index contributed by atoms with van der Waals surface area (Å²) in [5, 5.41) is 9.26. The van der Waals surface area contributed by atoms with Crippen LogP contribution in [0.15, 0.2) is 41.3 Å². The van der Waals surface area contributed by atoms with E-state index in [1.807, 2.05) is 18.2 Å². The van der Waals surface area contributed by atoms with Crippen molar-refractivity contribution in [3.05, 3.63) is 42.6 Å². The highest BCUT2D eigenvalue weighted by atomic mass is 16.3. The highest BCUT2D eigenvalue weighted by molar-refractivity contribution is 5.60. The minimum atomic E-state index is -0.520. The van der Waals surface area contributed by atoms with E-state index in [1.165, 1.54) is 0 Å². The fraction of sp³-hybridized carbons (Fsp3) is 0.182. The second-order valence-electron chi connectivity index (χ2n) is 3.16. The van der Waals surface area contributed by atoms with Crippen molar-refractivity contribution in [1.82, 2.24) is 4.98 Å². The maximum Gasteiger partial charge on any atom is 0.0981 e. The molecule has 0 spiro atoms. The van der Waals surface area contributed by atoms with Gasteiger partial charge in [0, 0.05) is 17.3 Å². The van der Waals surface area contributed by atoms with Gasteiger partial charge < -0.3 is 9.52 Å². The topological polar surface area (TPSA) is 46.3 Å². The Bertz CT molecular complexity index is 390. The molecule has 2 heterocycles. The van der Waals surface area contributed by atoms with Crippen LogP contribution in [0.4, 0.5) is 0 Å². The minimum absolute atomic E-state index is 0.520. The molecule has 1 atom stereocenters. The molecule has 0 amide bonds. The van der Waals surface area contributed by atoms with Crippen molar-refractivity contribution in [3.8, 4) is 11.1 Å². The molecule has 0 aliphatic rings. The molecular weight excluding hydrogens is 178 g/mol. The Morgan fingerprint density at radius 2 is 2.14 bits per heavy atom. The van der Waals surface area contributed by atoms with E-state index >= 15 is 0 Å². The molecule has 2 rings (SSSR count). The predicted octanol–water partition coefficient (Wildman–Crippen LogP) is 2.39. The van der Waals surface area contributed by atoms with Crippen molar-refractivity contribution < 1.29 is 9.52 Å². The van der Waals surface area contributed by atoms with Crippen LogP contribution >= 0.6 is 0 Å². The van der Waals surface area contributed by atoms with Gasteiger partial charge in [0.05, 0.1) is 24.3 Å². The number of aromatic nitrogens is 1. The van der Waals surface area contributed by atoms with Gasteiger partial charge in [-0.3, -0.25) is 4.98 Å². The Labute approximate surface area is 82.0 Å². The molecule has 0 saturated carbocycles. The van der Waals surface area contributed by atoms with Crippen molar-refractivity contribution in [3.63, 3.8) is 0 Å². The normalized spacial score (nSPS) is 12.7. The molecule has 1 N–H and O–H groups in total. The third kappa shape index (κ3) is 1.67. The van der Waals surface area contributed by atoms with E-state index in [4.69, 9.17) is 4.42 Å². The highest BCUT2D eigenvalue weighted by Crippen LogP contribution is 2.19. The summed E-state index contributed by atoms with van der Waals surface area (Å²) in [5.41, 5.74) is 2.66. The maximum absolute atomic E-state index is 9.26. The van der Waals surface area contributed by atoms with Crippen molar-refractivity contribution >= 4 is 0 Å². The summed E-state index contributed by atoms with van der Waals surface area (Å²) in [7, 11) is 0. The molecule has 0 bridgehead atoms. The standard InChI is InChI=1S/C11H11NO2/c1-8(13)11-3-2-9(6-12-11)10-4-5-14-7-10/h2-8,13H,1H3. The monoisotopic (exact) mass is 189 g/mol. The number of hydrogen-bond donors (Lipinski definition) is 1. The quantitative estimate of drug-likeness (QED) is 0.789. The molecule has 0 radical (unpaired) electrons. The first-order valence-corrected chi connectivity index (χ1v) is 4.44. The number of pyridine rings is 1. The van der Waals surface area contributed by atoms with E-state index < -0.39 is 6.10 Å². The average Bonchev–Trinajstić information content (AvgIpc) is 2.71. The lowest BCUT2D eigenvalue weighted by molar-refractivity contribution is 0.194. The molecule has 0 saturated heterocycles.